The molecule has 5 aromatic rings. The van der Waals surface area contributed by atoms with E-state index in [1.165, 1.54) is 14.0 Å². The van der Waals surface area contributed by atoms with E-state index in [-0.39, 0.29) is 58.8 Å². The minimum Gasteiger partial charge on any atom is -0.469 e. The number of amides is 1. The number of ether oxygens (including phenoxy) is 12. The largest absolute Gasteiger partial charge is 0.469 e. The van der Waals surface area contributed by atoms with Crippen LogP contribution in [0.2, 0.25) is 0 Å². The molecular weight excluding hydrogens is 1170 g/mol. The Labute approximate surface area is 515 Å². The van der Waals surface area contributed by atoms with Crippen molar-refractivity contribution in [1.29, 1.82) is 0 Å². The first-order valence-electron chi connectivity index (χ1n) is 29.6. The molecule has 1 amide bonds. The molecule has 474 valence electrons. The molecule has 0 aliphatic carbocycles. The molecule has 0 aromatic heterocycles. The van der Waals surface area contributed by atoms with Gasteiger partial charge in [-0.25, -0.2) is 4.18 Å². The Balaban J connectivity index is 1.18. The molecule has 20 nitrogen and oxygen atoms in total. The zero-order valence-corrected chi connectivity index (χ0v) is 50.9. The number of nitrogens with one attached hydrogen (secondary N) is 1. The molecule has 8 rings (SSSR count). The van der Waals surface area contributed by atoms with Crippen molar-refractivity contribution >= 4 is 33.9 Å². The number of hydrogen-bond acceptors (Lipinski definition) is 18. The van der Waals surface area contributed by atoms with Crippen molar-refractivity contribution in [2.45, 2.75) is 183 Å². The van der Waals surface area contributed by atoms with E-state index in [2.05, 4.69) is 5.32 Å². The second-order valence-electron chi connectivity index (χ2n) is 21.8. The number of unbranched alkanes of at least 4 members (excludes halogenated alkanes) is 5. The molecular formula is C65H82ClNO19S. The Morgan fingerprint density at radius 2 is 0.977 bits per heavy atom. The number of esters is 1. The van der Waals surface area contributed by atoms with E-state index in [0.717, 1.165) is 53.5 Å². The van der Waals surface area contributed by atoms with Crippen molar-refractivity contribution in [2.75, 3.05) is 26.9 Å². The van der Waals surface area contributed by atoms with Crippen LogP contribution in [0, 0.1) is 0 Å². The summed E-state index contributed by atoms with van der Waals surface area (Å²) in [5.41, 5.74) is 4.27. The Morgan fingerprint density at radius 3 is 1.48 bits per heavy atom. The first kappa shape index (κ1) is 67.6. The Morgan fingerprint density at radius 1 is 0.529 bits per heavy atom. The van der Waals surface area contributed by atoms with Crippen LogP contribution in [0.25, 0.3) is 0 Å². The van der Waals surface area contributed by atoms with Gasteiger partial charge in [0.05, 0.1) is 64.8 Å². The highest BCUT2D eigenvalue weighted by Crippen LogP contribution is 2.38. The second kappa shape index (κ2) is 35.2. The maximum absolute atomic E-state index is 13.7. The van der Waals surface area contributed by atoms with Crippen molar-refractivity contribution in [3.8, 4) is 0 Å². The highest BCUT2D eigenvalue weighted by atomic mass is 35.5. The summed E-state index contributed by atoms with van der Waals surface area (Å²) in [7, 11) is -3.88. The highest BCUT2D eigenvalue weighted by Gasteiger charge is 2.56. The molecule has 15 atom stereocenters. The van der Waals surface area contributed by atoms with Crippen LogP contribution in [0.5, 0.6) is 0 Å². The number of alkyl halides is 1. The molecule has 22 heteroatoms. The summed E-state index contributed by atoms with van der Waals surface area (Å²) >= 11 is 6.90. The molecule has 0 saturated carbocycles. The van der Waals surface area contributed by atoms with Crippen molar-refractivity contribution in [3.63, 3.8) is 0 Å². The quantitative estimate of drug-likeness (QED) is 0.0151. The lowest BCUT2D eigenvalue weighted by Crippen LogP contribution is -2.70. The van der Waals surface area contributed by atoms with Gasteiger partial charge in [0.25, 0.3) is 0 Å². The molecule has 3 saturated heterocycles. The van der Waals surface area contributed by atoms with Crippen molar-refractivity contribution in [1.82, 2.24) is 5.32 Å². The number of halogens is 1. The lowest BCUT2D eigenvalue weighted by molar-refractivity contribution is -0.374. The van der Waals surface area contributed by atoms with Crippen LogP contribution in [-0.2, 0) is 114 Å². The lowest BCUT2D eigenvalue weighted by atomic mass is 9.94. The number of carbonyl (C=O) groups excluding carboxylic acids is 2. The van der Waals surface area contributed by atoms with Crippen LogP contribution in [0.15, 0.2) is 152 Å². The normalized spacial score (nSPS) is 27.5. The van der Waals surface area contributed by atoms with E-state index < -0.39 is 108 Å². The summed E-state index contributed by atoms with van der Waals surface area (Å²) in [4.78, 5) is 25.4. The number of methoxy groups -OCH3 is 1. The fourth-order valence-electron chi connectivity index (χ4n) is 10.7. The maximum atomic E-state index is 13.7. The zero-order valence-electron chi connectivity index (χ0n) is 49.3. The first-order chi connectivity index (χ1) is 42.2. The Kier molecular flexibility index (Phi) is 27.4. The molecule has 87 heavy (non-hydrogen) atoms. The van der Waals surface area contributed by atoms with Gasteiger partial charge in [-0.2, -0.15) is 8.42 Å². The number of rotatable bonds is 34. The fraction of sp³-hybridized carbons (Fsp3) is 0.508. The summed E-state index contributed by atoms with van der Waals surface area (Å²) in [6.07, 6.45) is -11.9. The van der Waals surface area contributed by atoms with Gasteiger partial charge >= 0.3 is 16.4 Å². The predicted molar refractivity (Wildman–Crippen MR) is 319 cm³/mol. The van der Waals surface area contributed by atoms with E-state index in [9.17, 15) is 27.7 Å². The maximum Gasteiger partial charge on any atom is 0.397 e. The van der Waals surface area contributed by atoms with Gasteiger partial charge in [-0.05, 0) is 47.6 Å². The predicted octanol–water partition coefficient (Wildman–Crippen LogP) is 8.72. The third-order valence-corrected chi connectivity index (χ3v) is 16.1. The molecule has 0 radical (unpaired) electrons. The van der Waals surface area contributed by atoms with Crippen molar-refractivity contribution in [2.24, 2.45) is 0 Å². The summed E-state index contributed by atoms with van der Waals surface area (Å²) in [6.45, 7) is 3.53. The van der Waals surface area contributed by atoms with Gasteiger partial charge in [-0.15, -0.1) is 11.6 Å². The topological polar surface area (TPSA) is 241 Å². The molecule has 3 fully saturated rings. The first-order valence-corrected chi connectivity index (χ1v) is 31.4. The zero-order chi connectivity index (χ0) is 61.4. The standard InChI is InChI=1S/C65H82ClNO19S/c1-44-57(78-39-48-29-17-10-18-30-48)61(79-40-49-31-19-11-20-32-49)62(80-41-50-33-21-12-22-34-50)65(81-44)85-60-55(67-45(2)68)63(77-36-24-7-5-4-6-23-35-53(69)74-3)83-52(43-76-38-47-27-15-9-16-28-47)58(60)84-64-56(70)59(86-87(71,72)73)54(66)51(82-64)42-75-37-46-25-13-8-14-26-46/h8-22,25-34,44,51-52,54-65,70H,4-7,23-24,35-43H2,1-3H3,(H,67,68)(H,71,72,73)/t44-,51+,52+,54-,55+,56+,57+,58+,59-,60+,61+,62-,63+,64-,65-/m0/s1. The van der Waals surface area contributed by atoms with Crippen molar-refractivity contribution < 1.29 is 88.7 Å². The van der Waals surface area contributed by atoms with Gasteiger partial charge in [-0.1, -0.05) is 177 Å². The van der Waals surface area contributed by atoms with Gasteiger partial charge in [0.1, 0.15) is 61.0 Å². The van der Waals surface area contributed by atoms with E-state index in [1.54, 1.807) is 0 Å². The number of aliphatic hydroxyl groups excluding tert-OH is 1. The van der Waals surface area contributed by atoms with Crippen LogP contribution < -0.4 is 5.32 Å². The smallest absolute Gasteiger partial charge is 0.397 e. The van der Waals surface area contributed by atoms with Gasteiger partial charge in [-0.3, -0.25) is 14.1 Å². The second-order valence-corrected chi connectivity index (χ2v) is 23.3. The highest BCUT2D eigenvalue weighted by molar-refractivity contribution is 7.80. The molecule has 3 aliphatic rings. The number of aliphatic hydroxyl groups is 1. The average molecular weight is 1250 g/mol. The Hall–Kier alpha value is -5.28. The summed E-state index contributed by atoms with van der Waals surface area (Å²) in [5, 5.41) is 13.8. The summed E-state index contributed by atoms with van der Waals surface area (Å²) in [5.74, 6) is -0.744. The third-order valence-electron chi connectivity index (χ3n) is 15.1. The minimum atomic E-state index is -5.25. The molecule has 5 aromatic carbocycles. The summed E-state index contributed by atoms with van der Waals surface area (Å²) < 4.78 is 119. The lowest BCUT2D eigenvalue weighted by Gasteiger charge is -2.51. The monoisotopic (exact) mass is 1250 g/mol. The van der Waals surface area contributed by atoms with Crippen molar-refractivity contribution in [3.05, 3.63) is 179 Å². The van der Waals surface area contributed by atoms with Crippen LogP contribution >= 0.6 is 11.6 Å². The van der Waals surface area contributed by atoms with Crippen LogP contribution in [0.3, 0.4) is 0 Å². The third kappa shape index (κ3) is 21.4. The van der Waals surface area contributed by atoms with Crippen LogP contribution in [0.4, 0.5) is 0 Å². The molecule has 3 N–H and O–H groups in total. The number of carbonyl (C=O) groups is 2. The van der Waals surface area contributed by atoms with Crippen LogP contribution in [-0.4, -0.2) is 148 Å². The molecule has 3 aliphatic heterocycles. The van der Waals surface area contributed by atoms with E-state index >= 15 is 0 Å². The number of hydrogen-bond donors (Lipinski definition) is 3. The molecule has 0 bridgehead atoms. The molecule has 0 spiro atoms. The van der Waals surface area contributed by atoms with Gasteiger partial charge in [0.2, 0.25) is 5.91 Å². The van der Waals surface area contributed by atoms with E-state index in [0.29, 0.717) is 19.3 Å². The van der Waals surface area contributed by atoms with Gasteiger partial charge < -0.3 is 67.3 Å². The number of benzene rings is 5. The SMILES string of the molecule is COC(=O)CCCCCCCCO[C@@H]1O[C@H](COCc2ccccc2)[C@@H](O[C@@H]2O[C@H](COCc3ccccc3)[C@H](Cl)[C@H](OS(=O)(=O)O)[C@H]2O)[C@H](O[C@@H]2O[C@@H](C)[C@@H](OCc3ccccc3)[C@@H](OCc3ccccc3)[C@@H]2OCc2ccccc2)[C@H]1NC(C)=O. The molecule has 3 heterocycles. The van der Waals surface area contributed by atoms with E-state index in [4.69, 9.17) is 72.6 Å². The Bertz CT molecular complexity index is 2870. The average Bonchev–Trinajstić information content (AvgIpc) is 1.16. The van der Waals surface area contributed by atoms with E-state index in [1.807, 2.05) is 159 Å². The van der Waals surface area contributed by atoms with Gasteiger partial charge in [0, 0.05) is 20.0 Å². The minimum absolute atomic E-state index is 0.0695. The summed E-state index contributed by atoms with van der Waals surface area (Å²) in [6, 6.07) is 46.4. The molecule has 0 unspecified atom stereocenters. The van der Waals surface area contributed by atoms with Gasteiger partial charge in [0.15, 0.2) is 18.9 Å². The fourth-order valence-corrected chi connectivity index (χ4v) is 11.6. The van der Waals surface area contributed by atoms with Crippen LogP contribution in [0.1, 0.15) is 86.6 Å².